The first-order chi connectivity index (χ1) is 9.70. The molecule has 0 saturated carbocycles. The lowest BCUT2D eigenvalue weighted by Crippen LogP contribution is -2.27. The summed E-state index contributed by atoms with van der Waals surface area (Å²) < 4.78 is 28.0. The second kappa shape index (κ2) is 6.32. The van der Waals surface area contributed by atoms with Crippen molar-refractivity contribution in [2.24, 2.45) is 0 Å². The highest BCUT2D eigenvalue weighted by Gasteiger charge is 2.25. The second-order valence-corrected chi connectivity index (χ2v) is 8.53. The van der Waals surface area contributed by atoms with Gasteiger partial charge in [0.25, 0.3) is 0 Å². The SMILES string of the molecule is CC(NS(=O)(=O)c1c(N)cc(Cl)cc1Cl)c1ccc(Cl)s1. The van der Waals surface area contributed by atoms with Gasteiger partial charge in [-0.05, 0) is 31.2 Å². The van der Waals surface area contributed by atoms with Gasteiger partial charge >= 0.3 is 0 Å². The summed E-state index contributed by atoms with van der Waals surface area (Å²) in [5.41, 5.74) is 5.72. The van der Waals surface area contributed by atoms with Crippen molar-refractivity contribution in [2.45, 2.75) is 17.9 Å². The smallest absolute Gasteiger partial charge is 0.244 e. The lowest BCUT2D eigenvalue weighted by Gasteiger charge is -2.15. The number of rotatable bonds is 4. The van der Waals surface area contributed by atoms with Crippen molar-refractivity contribution in [3.05, 3.63) is 43.5 Å². The zero-order valence-corrected chi connectivity index (χ0v) is 14.6. The van der Waals surface area contributed by atoms with E-state index in [9.17, 15) is 8.42 Å². The third-order valence-corrected chi connectivity index (χ3v) is 6.36. The van der Waals surface area contributed by atoms with Gasteiger partial charge in [0.2, 0.25) is 10.0 Å². The third-order valence-electron chi connectivity index (χ3n) is 2.66. The van der Waals surface area contributed by atoms with E-state index in [1.165, 1.54) is 23.5 Å². The van der Waals surface area contributed by atoms with Gasteiger partial charge in [-0.2, -0.15) is 0 Å². The summed E-state index contributed by atoms with van der Waals surface area (Å²) in [5, 5.41) is 0.249. The van der Waals surface area contributed by atoms with Crippen LogP contribution in [-0.4, -0.2) is 8.42 Å². The molecule has 0 amide bonds. The molecule has 2 rings (SSSR count). The summed E-state index contributed by atoms with van der Waals surface area (Å²) in [5.74, 6) is 0. The molecule has 0 spiro atoms. The highest BCUT2D eigenvalue weighted by Crippen LogP contribution is 2.33. The van der Waals surface area contributed by atoms with Gasteiger partial charge in [0.05, 0.1) is 21.1 Å². The van der Waals surface area contributed by atoms with Gasteiger partial charge in [0.15, 0.2) is 0 Å². The van der Waals surface area contributed by atoms with Gasteiger partial charge in [0, 0.05) is 9.90 Å². The van der Waals surface area contributed by atoms with Crippen LogP contribution in [0.4, 0.5) is 5.69 Å². The predicted molar refractivity (Wildman–Crippen MR) is 88.9 cm³/mol. The van der Waals surface area contributed by atoms with Crippen LogP contribution < -0.4 is 10.5 Å². The molecule has 1 aromatic carbocycles. The molecular formula is C12H11Cl3N2O2S2. The molecule has 2 aromatic rings. The molecule has 1 aromatic heterocycles. The number of halogens is 3. The number of hydrogen-bond acceptors (Lipinski definition) is 4. The van der Waals surface area contributed by atoms with Crippen molar-refractivity contribution < 1.29 is 8.42 Å². The summed E-state index contributed by atoms with van der Waals surface area (Å²) in [6.07, 6.45) is 0. The van der Waals surface area contributed by atoms with Crippen LogP contribution in [0.25, 0.3) is 0 Å². The number of thiophene rings is 1. The molecule has 0 fully saturated rings. The summed E-state index contributed by atoms with van der Waals surface area (Å²) in [6.45, 7) is 1.71. The average Bonchev–Trinajstić information content (AvgIpc) is 2.73. The molecule has 1 heterocycles. The zero-order chi connectivity index (χ0) is 15.8. The van der Waals surface area contributed by atoms with Crippen molar-refractivity contribution in [3.8, 4) is 0 Å². The number of nitrogens with one attached hydrogen (secondary N) is 1. The monoisotopic (exact) mass is 384 g/mol. The van der Waals surface area contributed by atoms with Gasteiger partial charge in [-0.15, -0.1) is 11.3 Å². The Bertz CT molecular complexity index is 752. The topological polar surface area (TPSA) is 72.2 Å². The van der Waals surface area contributed by atoms with Crippen molar-refractivity contribution in [1.82, 2.24) is 4.72 Å². The van der Waals surface area contributed by atoms with Crippen LogP contribution in [0.5, 0.6) is 0 Å². The van der Waals surface area contributed by atoms with Crippen molar-refractivity contribution in [3.63, 3.8) is 0 Å². The van der Waals surface area contributed by atoms with E-state index >= 15 is 0 Å². The molecule has 0 aliphatic rings. The Morgan fingerprint density at radius 3 is 2.43 bits per heavy atom. The van der Waals surface area contributed by atoms with Gasteiger partial charge < -0.3 is 5.73 Å². The van der Waals surface area contributed by atoms with Crippen LogP contribution in [0.2, 0.25) is 14.4 Å². The number of benzene rings is 1. The van der Waals surface area contributed by atoms with E-state index in [1.54, 1.807) is 19.1 Å². The lowest BCUT2D eigenvalue weighted by molar-refractivity contribution is 0.569. The molecule has 0 aliphatic carbocycles. The minimum atomic E-state index is -3.88. The molecule has 0 bridgehead atoms. The van der Waals surface area contributed by atoms with Gasteiger partial charge in [-0.25, -0.2) is 13.1 Å². The van der Waals surface area contributed by atoms with Crippen LogP contribution in [0.1, 0.15) is 17.8 Å². The van der Waals surface area contributed by atoms with Crippen LogP contribution in [0.15, 0.2) is 29.2 Å². The maximum Gasteiger partial charge on any atom is 0.244 e. The standard InChI is InChI=1S/C12H11Cl3N2O2S2/c1-6(10-2-3-11(15)20-10)17-21(18,19)12-8(14)4-7(13)5-9(12)16/h2-6,17H,16H2,1H3. The highest BCUT2D eigenvalue weighted by molar-refractivity contribution is 7.89. The Morgan fingerprint density at radius 2 is 1.90 bits per heavy atom. The first-order valence-electron chi connectivity index (χ1n) is 5.73. The van der Waals surface area contributed by atoms with Crippen LogP contribution in [0.3, 0.4) is 0 Å². The van der Waals surface area contributed by atoms with Crippen LogP contribution in [-0.2, 0) is 10.0 Å². The Balaban J connectivity index is 2.35. The van der Waals surface area contributed by atoms with E-state index < -0.39 is 16.1 Å². The summed E-state index contributed by atoms with van der Waals surface area (Å²) in [7, 11) is -3.88. The number of sulfonamides is 1. The largest absolute Gasteiger partial charge is 0.398 e. The lowest BCUT2D eigenvalue weighted by atomic mass is 10.3. The van der Waals surface area contributed by atoms with Crippen LogP contribution >= 0.6 is 46.1 Å². The van der Waals surface area contributed by atoms with Gasteiger partial charge in [0.1, 0.15) is 4.90 Å². The Hall–Kier alpha value is -0.500. The van der Waals surface area contributed by atoms with Gasteiger partial charge in [-0.3, -0.25) is 0 Å². The summed E-state index contributed by atoms with van der Waals surface area (Å²) in [4.78, 5) is 0.607. The molecular weight excluding hydrogens is 375 g/mol. The summed E-state index contributed by atoms with van der Waals surface area (Å²) >= 11 is 18.9. The zero-order valence-electron chi connectivity index (χ0n) is 10.7. The van der Waals surface area contributed by atoms with E-state index in [4.69, 9.17) is 40.5 Å². The molecule has 4 nitrogen and oxygen atoms in total. The average molecular weight is 386 g/mol. The number of nitrogen functional groups attached to an aromatic ring is 1. The Labute approximate surface area is 141 Å². The molecule has 114 valence electrons. The predicted octanol–water partition coefficient (Wildman–Crippen LogP) is 4.33. The fraction of sp³-hybridized carbons (Fsp3) is 0.167. The molecule has 21 heavy (non-hydrogen) atoms. The van der Waals surface area contributed by atoms with Gasteiger partial charge in [-0.1, -0.05) is 34.8 Å². The van der Waals surface area contributed by atoms with E-state index in [-0.39, 0.29) is 20.6 Å². The maximum absolute atomic E-state index is 12.4. The van der Waals surface area contributed by atoms with E-state index in [1.807, 2.05) is 0 Å². The van der Waals surface area contributed by atoms with Crippen molar-refractivity contribution >= 4 is 61.9 Å². The quantitative estimate of drug-likeness (QED) is 0.769. The molecule has 3 N–H and O–H groups in total. The third kappa shape index (κ3) is 3.83. The fourth-order valence-electron chi connectivity index (χ4n) is 1.77. The minimum absolute atomic E-state index is 0.00332. The van der Waals surface area contributed by atoms with E-state index in [2.05, 4.69) is 4.72 Å². The molecule has 0 aliphatic heterocycles. The van der Waals surface area contributed by atoms with Crippen molar-refractivity contribution in [1.29, 1.82) is 0 Å². The summed E-state index contributed by atoms with van der Waals surface area (Å²) in [6, 6.07) is 5.68. The fourth-order valence-corrected chi connectivity index (χ4v) is 5.12. The Morgan fingerprint density at radius 1 is 1.24 bits per heavy atom. The number of hydrogen-bond donors (Lipinski definition) is 2. The first kappa shape index (κ1) is 16.9. The highest BCUT2D eigenvalue weighted by atomic mass is 35.5. The number of anilines is 1. The number of nitrogens with two attached hydrogens (primary N) is 1. The van der Waals surface area contributed by atoms with Crippen LogP contribution in [0, 0.1) is 0 Å². The minimum Gasteiger partial charge on any atom is -0.398 e. The van der Waals surface area contributed by atoms with Crippen molar-refractivity contribution in [2.75, 3.05) is 5.73 Å². The Kier molecular flexibility index (Phi) is 5.07. The molecule has 0 radical (unpaired) electrons. The first-order valence-corrected chi connectivity index (χ1v) is 9.16. The van der Waals surface area contributed by atoms with E-state index in [0.717, 1.165) is 4.88 Å². The molecule has 1 unspecified atom stereocenters. The molecule has 9 heteroatoms. The normalized spacial score (nSPS) is 13.3. The molecule has 1 atom stereocenters. The maximum atomic E-state index is 12.4. The molecule has 0 saturated heterocycles. The second-order valence-electron chi connectivity index (χ2n) is 4.29. The van der Waals surface area contributed by atoms with E-state index in [0.29, 0.717) is 4.34 Å².